The van der Waals surface area contributed by atoms with Crippen LogP contribution >= 0.6 is 0 Å². The molecule has 1 aromatic carbocycles. The van der Waals surface area contributed by atoms with Crippen molar-refractivity contribution in [2.75, 3.05) is 26.2 Å². The number of amides is 1. The Bertz CT molecular complexity index is 530. The van der Waals surface area contributed by atoms with E-state index in [-0.39, 0.29) is 11.7 Å². The molecule has 1 N–H and O–H groups in total. The van der Waals surface area contributed by atoms with E-state index in [9.17, 15) is 14.3 Å². The molecule has 1 saturated carbocycles. The first-order valence-corrected chi connectivity index (χ1v) is 8.53. The van der Waals surface area contributed by atoms with Crippen molar-refractivity contribution in [2.24, 2.45) is 5.92 Å². The lowest BCUT2D eigenvalue weighted by molar-refractivity contribution is -0.129. The Morgan fingerprint density at radius 2 is 2.04 bits per heavy atom. The largest absolute Gasteiger partial charge is 0.390 e. The minimum atomic E-state index is -0.531. The molecule has 0 bridgehead atoms. The minimum Gasteiger partial charge on any atom is -0.390 e. The summed E-state index contributed by atoms with van der Waals surface area (Å²) in [4.78, 5) is 15.7. The highest BCUT2D eigenvalue weighted by Crippen LogP contribution is 2.30. The summed E-state index contributed by atoms with van der Waals surface area (Å²) >= 11 is 0. The second-order valence-electron chi connectivity index (χ2n) is 6.86. The monoisotopic (exact) mass is 320 g/mol. The predicted octanol–water partition coefficient (Wildman–Crippen LogP) is 2.02. The maximum absolute atomic E-state index is 13.0. The van der Waals surface area contributed by atoms with Gasteiger partial charge in [0.1, 0.15) is 5.82 Å². The average molecular weight is 320 g/mol. The van der Waals surface area contributed by atoms with Crippen molar-refractivity contribution in [1.82, 2.24) is 9.80 Å². The first kappa shape index (κ1) is 16.4. The fraction of sp³-hybridized carbons (Fsp3) is 0.611. The topological polar surface area (TPSA) is 43.8 Å². The maximum Gasteiger partial charge on any atom is 0.222 e. The lowest BCUT2D eigenvalue weighted by atomic mass is 10.2. The Hall–Kier alpha value is -1.46. The Morgan fingerprint density at radius 3 is 2.65 bits per heavy atom. The third kappa shape index (κ3) is 5.01. The van der Waals surface area contributed by atoms with Crippen molar-refractivity contribution >= 4 is 5.91 Å². The molecule has 0 aromatic heterocycles. The van der Waals surface area contributed by atoms with E-state index in [1.807, 2.05) is 0 Å². The number of hydrogen-bond donors (Lipinski definition) is 1. The molecule has 1 unspecified atom stereocenters. The molecule has 3 rings (SSSR count). The maximum atomic E-state index is 13.0. The van der Waals surface area contributed by atoms with Crippen LogP contribution in [-0.4, -0.2) is 53.1 Å². The van der Waals surface area contributed by atoms with Crippen LogP contribution in [0.25, 0.3) is 0 Å². The van der Waals surface area contributed by atoms with Gasteiger partial charge in [-0.1, -0.05) is 12.1 Å². The molecule has 0 radical (unpaired) electrons. The molecule has 1 amide bonds. The summed E-state index contributed by atoms with van der Waals surface area (Å²) in [5, 5.41) is 10.4. The van der Waals surface area contributed by atoms with E-state index in [2.05, 4.69) is 4.90 Å². The lowest BCUT2D eigenvalue weighted by Gasteiger charge is -2.27. The van der Waals surface area contributed by atoms with Crippen LogP contribution in [0.15, 0.2) is 24.3 Å². The molecule has 1 aromatic rings. The van der Waals surface area contributed by atoms with E-state index in [1.54, 1.807) is 17.0 Å². The zero-order valence-electron chi connectivity index (χ0n) is 13.5. The number of hydrogen-bond acceptors (Lipinski definition) is 3. The van der Waals surface area contributed by atoms with Gasteiger partial charge in [-0.2, -0.15) is 0 Å². The number of likely N-dealkylation sites (tertiary alicyclic amines) is 1. The minimum absolute atomic E-state index is 0.149. The zero-order chi connectivity index (χ0) is 16.2. The highest BCUT2D eigenvalue weighted by molar-refractivity contribution is 5.78. The number of carbonyl (C=O) groups excluding carboxylic acids is 1. The quantitative estimate of drug-likeness (QED) is 0.797. The van der Waals surface area contributed by atoms with Crippen LogP contribution in [0.4, 0.5) is 4.39 Å². The van der Waals surface area contributed by atoms with Crippen molar-refractivity contribution in [3.63, 3.8) is 0 Å². The first-order valence-electron chi connectivity index (χ1n) is 8.53. The van der Waals surface area contributed by atoms with Crippen molar-refractivity contribution in [3.8, 4) is 0 Å². The van der Waals surface area contributed by atoms with Gasteiger partial charge in [0.15, 0.2) is 0 Å². The number of aliphatic hydroxyl groups is 1. The number of carbonyl (C=O) groups is 1. The molecule has 0 spiro atoms. The lowest BCUT2D eigenvalue weighted by Crippen LogP contribution is -2.41. The van der Waals surface area contributed by atoms with Gasteiger partial charge in [-0.3, -0.25) is 9.69 Å². The van der Waals surface area contributed by atoms with E-state index in [0.717, 1.165) is 31.0 Å². The van der Waals surface area contributed by atoms with E-state index in [1.165, 1.54) is 25.0 Å². The summed E-state index contributed by atoms with van der Waals surface area (Å²) in [6.07, 6.45) is 3.47. The molecule has 23 heavy (non-hydrogen) atoms. The second-order valence-corrected chi connectivity index (χ2v) is 6.86. The SMILES string of the molecule is O=C1CCCN1CC(O)CN(Cc1ccc(F)cc1)CC1CC1. The summed E-state index contributed by atoms with van der Waals surface area (Å²) in [5.41, 5.74) is 1.05. The molecule has 1 atom stereocenters. The number of aliphatic hydroxyl groups excluding tert-OH is 1. The summed E-state index contributed by atoms with van der Waals surface area (Å²) in [6.45, 7) is 3.40. The van der Waals surface area contributed by atoms with Crippen molar-refractivity contribution in [3.05, 3.63) is 35.6 Å². The smallest absolute Gasteiger partial charge is 0.222 e. The summed E-state index contributed by atoms with van der Waals surface area (Å²) in [5.74, 6) is 0.641. The van der Waals surface area contributed by atoms with Gasteiger partial charge in [0.05, 0.1) is 6.10 Å². The number of benzene rings is 1. The van der Waals surface area contributed by atoms with Crippen LogP contribution in [0.2, 0.25) is 0 Å². The van der Waals surface area contributed by atoms with Crippen molar-refractivity contribution in [1.29, 1.82) is 0 Å². The van der Waals surface area contributed by atoms with E-state index in [4.69, 9.17) is 0 Å². The molecule has 1 aliphatic heterocycles. The normalized spacial score (nSPS) is 19.6. The highest BCUT2D eigenvalue weighted by Gasteiger charge is 2.27. The summed E-state index contributed by atoms with van der Waals surface area (Å²) < 4.78 is 13.0. The number of rotatable bonds is 8. The van der Waals surface area contributed by atoms with Gasteiger partial charge < -0.3 is 10.0 Å². The van der Waals surface area contributed by atoms with Crippen molar-refractivity contribution in [2.45, 2.75) is 38.3 Å². The molecule has 1 heterocycles. The van der Waals surface area contributed by atoms with E-state index >= 15 is 0 Å². The first-order chi connectivity index (χ1) is 11.1. The summed E-state index contributed by atoms with van der Waals surface area (Å²) in [6, 6.07) is 6.55. The fourth-order valence-corrected chi connectivity index (χ4v) is 3.22. The Morgan fingerprint density at radius 1 is 1.30 bits per heavy atom. The molecule has 126 valence electrons. The predicted molar refractivity (Wildman–Crippen MR) is 86.2 cm³/mol. The second kappa shape index (κ2) is 7.41. The van der Waals surface area contributed by atoms with Crippen LogP contribution in [0.3, 0.4) is 0 Å². The van der Waals surface area contributed by atoms with Crippen LogP contribution < -0.4 is 0 Å². The van der Waals surface area contributed by atoms with Gasteiger partial charge >= 0.3 is 0 Å². The number of halogens is 1. The molecule has 4 nitrogen and oxygen atoms in total. The molecule has 5 heteroatoms. The van der Waals surface area contributed by atoms with Crippen LogP contribution in [0.5, 0.6) is 0 Å². The summed E-state index contributed by atoms with van der Waals surface area (Å²) in [7, 11) is 0. The molecule has 1 aliphatic carbocycles. The van der Waals surface area contributed by atoms with E-state index in [0.29, 0.717) is 26.1 Å². The standard InChI is InChI=1S/C18H25FN2O2/c19-16-7-5-15(6-8-16)11-20(10-14-3-4-14)12-17(22)13-21-9-1-2-18(21)23/h5-8,14,17,22H,1-4,9-13H2. The van der Waals surface area contributed by atoms with Gasteiger partial charge in [-0.15, -0.1) is 0 Å². The van der Waals surface area contributed by atoms with Gasteiger partial charge in [0, 0.05) is 39.1 Å². The molecule has 1 saturated heterocycles. The Balaban J connectivity index is 1.54. The van der Waals surface area contributed by atoms with E-state index < -0.39 is 6.10 Å². The third-order valence-corrected chi connectivity index (χ3v) is 4.60. The van der Waals surface area contributed by atoms with Gasteiger partial charge in [-0.25, -0.2) is 4.39 Å². The van der Waals surface area contributed by atoms with Crippen LogP contribution in [0, 0.1) is 11.7 Å². The highest BCUT2D eigenvalue weighted by atomic mass is 19.1. The van der Waals surface area contributed by atoms with Crippen LogP contribution in [0.1, 0.15) is 31.2 Å². The molecule has 2 aliphatic rings. The Labute approximate surface area is 136 Å². The van der Waals surface area contributed by atoms with Crippen LogP contribution in [-0.2, 0) is 11.3 Å². The van der Waals surface area contributed by atoms with Gasteiger partial charge in [0.25, 0.3) is 0 Å². The number of nitrogens with zero attached hydrogens (tertiary/aromatic N) is 2. The molecular formula is C18H25FN2O2. The van der Waals surface area contributed by atoms with Gasteiger partial charge in [0.2, 0.25) is 5.91 Å². The third-order valence-electron chi connectivity index (χ3n) is 4.60. The van der Waals surface area contributed by atoms with Crippen molar-refractivity contribution < 1.29 is 14.3 Å². The molecular weight excluding hydrogens is 295 g/mol. The Kier molecular flexibility index (Phi) is 5.28. The van der Waals surface area contributed by atoms with Gasteiger partial charge in [-0.05, 0) is 42.9 Å². The molecule has 2 fully saturated rings. The number of β-amino-alcohol motifs (C(OH)–C–C–N with tert-alkyl or cyclic N) is 1. The average Bonchev–Trinajstić information content (AvgIpc) is 3.24. The fourth-order valence-electron chi connectivity index (χ4n) is 3.22. The zero-order valence-corrected chi connectivity index (χ0v) is 13.5.